The number of ether oxygens (including phenoxy) is 4. The summed E-state index contributed by atoms with van der Waals surface area (Å²) in [5.74, 6) is 1.05. The predicted octanol–water partition coefficient (Wildman–Crippen LogP) is 3.97. The lowest BCUT2D eigenvalue weighted by molar-refractivity contribution is -0.146. The smallest absolute Gasteiger partial charge is 0.306 e. The predicted molar refractivity (Wildman–Crippen MR) is 137 cm³/mol. The van der Waals surface area contributed by atoms with Crippen molar-refractivity contribution in [2.75, 3.05) is 40.5 Å². The molecule has 3 heterocycles. The first-order chi connectivity index (χ1) is 17.5. The van der Waals surface area contributed by atoms with Crippen LogP contribution in [-0.2, 0) is 25.5 Å². The van der Waals surface area contributed by atoms with E-state index in [0.29, 0.717) is 26.1 Å². The Balaban J connectivity index is 1.49. The van der Waals surface area contributed by atoms with Gasteiger partial charge in [-0.2, -0.15) is 0 Å². The van der Waals surface area contributed by atoms with E-state index >= 15 is 0 Å². The number of nitrogens with zero attached hydrogens (tertiary/aromatic N) is 3. The van der Waals surface area contributed by atoms with Crippen molar-refractivity contribution in [2.24, 2.45) is 0 Å². The molecule has 0 bridgehead atoms. The fourth-order valence-electron chi connectivity index (χ4n) is 4.35. The summed E-state index contributed by atoms with van der Waals surface area (Å²) in [4.78, 5) is 32.3. The number of hydrogen-bond donors (Lipinski definition) is 0. The number of methoxy groups -OCH3 is 2. The van der Waals surface area contributed by atoms with Crippen molar-refractivity contribution >= 4 is 28.2 Å². The van der Waals surface area contributed by atoms with Crippen LogP contribution < -0.4 is 9.47 Å². The molecule has 1 fully saturated rings. The fourth-order valence-corrected chi connectivity index (χ4v) is 5.26. The molecule has 4 rings (SSSR count). The third-order valence-corrected chi connectivity index (χ3v) is 7.14. The monoisotopic (exact) mass is 515 g/mol. The first-order valence-corrected chi connectivity index (χ1v) is 13.1. The molecule has 1 aliphatic rings. The van der Waals surface area contributed by atoms with Gasteiger partial charge in [0.1, 0.15) is 11.5 Å². The van der Waals surface area contributed by atoms with E-state index in [2.05, 4.69) is 9.78 Å². The van der Waals surface area contributed by atoms with Crippen LogP contribution in [0.1, 0.15) is 38.3 Å². The highest BCUT2D eigenvalue weighted by atomic mass is 32.1. The van der Waals surface area contributed by atoms with Crippen LogP contribution in [0.15, 0.2) is 29.8 Å². The molecule has 0 aliphatic carbocycles. The van der Waals surface area contributed by atoms with Crippen LogP contribution in [0.3, 0.4) is 0 Å². The lowest BCUT2D eigenvalue weighted by Crippen LogP contribution is -2.39. The number of thiazole rings is 1. The number of esters is 1. The van der Waals surface area contributed by atoms with Crippen LogP contribution in [0.2, 0.25) is 0 Å². The van der Waals surface area contributed by atoms with Crippen molar-refractivity contribution in [1.82, 2.24) is 14.3 Å². The molecular formula is C26H33N3O6S. The minimum absolute atomic E-state index is 0.0411. The molecule has 0 spiro atoms. The lowest BCUT2D eigenvalue weighted by Gasteiger charge is -2.25. The molecule has 0 saturated carbocycles. The zero-order chi connectivity index (χ0) is 25.5. The van der Waals surface area contributed by atoms with Crippen LogP contribution in [0.5, 0.6) is 11.5 Å². The minimum Gasteiger partial charge on any atom is -0.497 e. The molecule has 1 saturated heterocycles. The highest BCUT2D eigenvalue weighted by Gasteiger charge is 2.24. The standard InChI is InChI=1S/C26H33N3O6S/c1-4-34-25(31)10-9-24(30)28(15-20-6-5-13-35-20)12-11-18-17-36-26-27-22(16-29(18)26)21-14-19(32-2)7-8-23(21)33-3/h7-8,14,16-17,20H,4-6,9-13,15H2,1-3H3. The quantitative estimate of drug-likeness (QED) is 0.337. The lowest BCUT2D eigenvalue weighted by atomic mass is 10.1. The van der Waals surface area contributed by atoms with Gasteiger partial charge in [0, 0.05) is 55.4 Å². The molecule has 1 aromatic carbocycles. The molecule has 1 amide bonds. The van der Waals surface area contributed by atoms with Gasteiger partial charge in [0.25, 0.3) is 0 Å². The van der Waals surface area contributed by atoms with E-state index in [0.717, 1.165) is 52.9 Å². The maximum absolute atomic E-state index is 13.0. The number of fused-ring (bicyclic) bond motifs is 1. The average Bonchev–Trinajstić information content (AvgIpc) is 3.63. The topological polar surface area (TPSA) is 91.6 Å². The van der Waals surface area contributed by atoms with Crippen molar-refractivity contribution in [3.63, 3.8) is 0 Å². The number of imidazole rings is 1. The number of aromatic nitrogens is 2. The second-order valence-electron chi connectivity index (χ2n) is 8.60. The molecule has 3 aromatic rings. The second kappa shape index (κ2) is 12.2. The third kappa shape index (κ3) is 6.17. The van der Waals surface area contributed by atoms with Gasteiger partial charge < -0.3 is 23.8 Å². The van der Waals surface area contributed by atoms with Crippen molar-refractivity contribution in [1.29, 1.82) is 0 Å². The number of hydrogen-bond acceptors (Lipinski definition) is 8. The summed E-state index contributed by atoms with van der Waals surface area (Å²) >= 11 is 1.56. The van der Waals surface area contributed by atoms with Crippen molar-refractivity contribution < 1.29 is 28.5 Å². The number of amides is 1. The van der Waals surface area contributed by atoms with E-state index < -0.39 is 0 Å². The van der Waals surface area contributed by atoms with Gasteiger partial charge in [-0.15, -0.1) is 11.3 Å². The highest BCUT2D eigenvalue weighted by Crippen LogP contribution is 2.34. The van der Waals surface area contributed by atoms with Crippen molar-refractivity contribution in [2.45, 2.75) is 45.1 Å². The normalized spacial score (nSPS) is 15.2. The van der Waals surface area contributed by atoms with Gasteiger partial charge in [-0.3, -0.25) is 14.0 Å². The Morgan fingerprint density at radius 2 is 2.11 bits per heavy atom. The van der Waals surface area contributed by atoms with Gasteiger partial charge in [-0.1, -0.05) is 0 Å². The van der Waals surface area contributed by atoms with Gasteiger partial charge in [-0.05, 0) is 38.0 Å². The maximum Gasteiger partial charge on any atom is 0.306 e. The molecule has 0 radical (unpaired) electrons. The van der Waals surface area contributed by atoms with Crippen LogP contribution in [0.25, 0.3) is 16.2 Å². The zero-order valence-corrected chi connectivity index (χ0v) is 21.8. The fraction of sp³-hybridized carbons (Fsp3) is 0.500. The van der Waals surface area contributed by atoms with Gasteiger partial charge in [0.2, 0.25) is 5.91 Å². The maximum atomic E-state index is 13.0. The number of carbonyl (C=O) groups excluding carboxylic acids is 2. The Morgan fingerprint density at radius 1 is 1.25 bits per heavy atom. The summed E-state index contributed by atoms with van der Waals surface area (Å²) in [5, 5.41) is 2.07. The van der Waals surface area contributed by atoms with E-state index in [-0.39, 0.29) is 30.8 Å². The number of rotatable bonds is 12. The Hall–Kier alpha value is -3.11. The molecule has 2 aromatic heterocycles. The van der Waals surface area contributed by atoms with E-state index in [1.807, 2.05) is 29.3 Å². The summed E-state index contributed by atoms with van der Waals surface area (Å²) in [6, 6.07) is 5.64. The van der Waals surface area contributed by atoms with Gasteiger partial charge in [0.05, 0.1) is 39.0 Å². The summed E-state index contributed by atoms with van der Waals surface area (Å²) in [6.07, 6.45) is 4.86. The highest BCUT2D eigenvalue weighted by molar-refractivity contribution is 7.15. The molecule has 0 N–H and O–H groups in total. The Morgan fingerprint density at radius 3 is 2.83 bits per heavy atom. The molecule has 1 atom stereocenters. The average molecular weight is 516 g/mol. The second-order valence-corrected chi connectivity index (χ2v) is 9.44. The van der Waals surface area contributed by atoms with Crippen LogP contribution in [0.4, 0.5) is 0 Å². The van der Waals surface area contributed by atoms with Crippen LogP contribution >= 0.6 is 11.3 Å². The molecule has 194 valence electrons. The van der Waals surface area contributed by atoms with Crippen LogP contribution in [0, 0.1) is 0 Å². The third-order valence-electron chi connectivity index (χ3n) is 6.25. The molecule has 10 heteroatoms. The van der Waals surface area contributed by atoms with Gasteiger partial charge in [-0.25, -0.2) is 4.98 Å². The molecule has 1 unspecified atom stereocenters. The summed E-state index contributed by atoms with van der Waals surface area (Å²) in [5.41, 5.74) is 2.71. The molecule has 9 nitrogen and oxygen atoms in total. The minimum atomic E-state index is -0.346. The van der Waals surface area contributed by atoms with Gasteiger partial charge in [0.15, 0.2) is 4.96 Å². The van der Waals surface area contributed by atoms with E-state index in [4.69, 9.17) is 23.9 Å². The molecular weight excluding hydrogens is 482 g/mol. The summed E-state index contributed by atoms with van der Waals surface area (Å²) in [7, 11) is 3.27. The first kappa shape index (κ1) is 26.0. The molecule has 1 aliphatic heterocycles. The number of benzene rings is 1. The summed E-state index contributed by atoms with van der Waals surface area (Å²) in [6.45, 7) is 3.87. The van der Waals surface area contributed by atoms with E-state index in [9.17, 15) is 9.59 Å². The Kier molecular flexibility index (Phi) is 8.82. The van der Waals surface area contributed by atoms with Crippen LogP contribution in [-0.4, -0.2) is 72.8 Å². The SMILES string of the molecule is CCOC(=O)CCC(=O)N(CCc1csc2nc(-c3cc(OC)ccc3OC)cn12)CC1CCCO1. The first-order valence-electron chi connectivity index (χ1n) is 12.2. The summed E-state index contributed by atoms with van der Waals surface area (Å²) < 4.78 is 23.7. The zero-order valence-electron chi connectivity index (χ0n) is 21.0. The Bertz CT molecular complexity index is 1180. The molecule has 36 heavy (non-hydrogen) atoms. The van der Waals surface area contributed by atoms with Crippen molar-refractivity contribution in [3.05, 3.63) is 35.5 Å². The number of carbonyl (C=O) groups is 2. The van der Waals surface area contributed by atoms with E-state index in [1.165, 1.54) is 0 Å². The van der Waals surface area contributed by atoms with Gasteiger partial charge >= 0.3 is 5.97 Å². The largest absolute Gasteiger partial charge is 0.497 e. The van der Waals surface area contributed by atoms with E-state index in [1.54, 1.807) is 32.5 Å². The van der Waals surface area contributed by atoms with Crippen molar-refractivity contribution in [3.8, 4) is 22.8 Å². The Labute approximate surface area is 214 Å².